The molecule has 1 heterocycles. The monoisotopic (exact) mass is 307 g/mol. The van der Waals surface area contributed by atoms with Crippen LogP contribution in [0, 0.1) is 5.92 Å². The second-order valence-electron chi connectivity index (χ2n) is 7.05. The second kappa shape index (κ2) is 7.27. The normalized spacial score (nSPS) is 18.2. The number of nitrogens with zero attached hydrogens (tertiary/aromatic N) is 2. The smallest absolute Gasteiger partial charge is 0.270 e. The first-order valence-electron chi connectivity index (χ1n) is 8.42. The standard InChI is InChI=1S/C17H29N3O2/c1-13(2)10-14-11-15(20(3)19-14)16(22)18-17(12-21)8-6-4-5-7-9-17/h11,13,21H,4-10,12H2,1-3H3,(H,18,22). The lowest BCUT2D eigenvalue weighted by Crippen LogP contribution is -2.51. The second-order valence-corrected chi connectivity index (χ2v) is 7.05. The maximum Gasteiger partial charge on any atom is 0.270 e. The number of aliphatic hydroxyl groups is 1. The summed E-state index contributed by atoms with van der Waals surface area (Å²) < 4.78 is 1.65. The highest BCUT2D eigenvalue weighted by atomic mass is 16.3. The van der Waals surface area contributed by atoms with Gasteiger partial charge < -0.3 is 10.4 Å². The van der Waals surface area contributed by atoms with Crippen LogP contribution in [0.25, 0.3) is 0 Å². The lowest BCUT2D eigenvalue weighted by atomic mass is 9.91. The minimum Gasteiger partial charge on any atom is -0.394 e. The van der Waals surface area contributed by atoms with E-state index < -0.39 is 5.54 Å². The van der Waals surface area contributed by atoms with Gasteiger partial charge in [0.2, 0.25) is 0 Å². The van der Waals surface area contributed by atoms with E-state index in [1.54, 1.807) is 11.7 Å². The van der Waals surface area contributed by atoms with E-state index in [-0.39, 0.29) is 12.5 Å². The molecule has 0 bridgehead atoms. The van der Waals surface area contributed by atoms with Crippen LogP contribution in [0.2, 0.25) is 0 Å². The van der Waals surface area contributed by atoms with Crippen molar-refractivity contribution in [1.29, 1.82) is 0 Å². The molecule has 1 amide bonds. The molecule has 0 aromatic carbocycles. The van der Waals surface area contributed by atoms with Crippen molar-refractivity contribution in [1.82, 2.24) is 15.1 Å². The number of carbonyl (C=O) groups excluding carboxylic acids is 1. The molecule has 1 saturated carbocycles. The van der Waals surface area contributed by atoms with Crippen molar-refractivity contribution in [2.24, 2.45) is 13.0 Å². The average molecular weight is 307 g/mol. The highest BCUT2D eigenvalue weighted by Crippen LogP contribution is 2.27. The number of rotatable bonds is 5. The summed E-state index contributed by atoms with van der Waals surface area (Å²) in [5.41, 5.74) is 1.06. The molecule has 0 radical (unpaired) electrons. The van der Waals surface area contributed by atoms with Gasteiger partial charge in [-0.05, 0) is 31.2 Å². The third-order valence-corrected chi connectivity index (χ3v) is 4.52. The highest BCUT2D eigenvalue weighted by molar-refractivity contribution is 5.93. The Morgan fingerprint density at radius 3 is 2.55 bits per heavy atom. The zero-order valence-electron chi connectivity index (χ0n) is 14.1. The summed E-state index contributed by atoms with van der Waals surface area (Å²) in [4.78, 5) is 12.6. The van der Waals surface area contributed by atoms with Crippen LogP contribution in [0.1, 0.15) is 68.6 Å². The zero-order valence-corrected chi connectivity index (χ0v) is 14.1. The molecule has 124 valence electrons. The van der Waals surface area contributed by atoms with Gasteiger partial charge in [-0.1, -0.05) is 39.5 Å². The van der Waals surface area contributed by atoms with Crippen LogP contribution in [0.4, 0.5) is 0 Å². The summed E-state index contributed by atoms with van der Waals surface area (Å²) in [6.07, 6.45) is 7.06. The third-order valence-electron chi connectivity index (χ3n) is 4.52. The highest BCUT2D eigenvalue weighted by Gasteiger charge is 2.32. The molecular formula is C17H29N3O2. The van der Waals surface area contributed by atoms with E-state index in [0.717, 1.165) is 37.8 Å². The molecular weight excluding hydrogens is 278 g/mol. The molecule has 1 fully saturated rings. The van der Waals surface area contributed by atoms with E-state index in [1.807, 2.05) is 6.07 Å². The fourth-order valence-corrected chi connectivity index (χ4v) is 3.29. The number of hydrogen-bond acceptors (Lipinski definition) is 3. The van der Waals surface area contributed by atoms with E-state index in [4.69, 9.17) is 0 Å². The quantitative estimate of drug-likeness (QED) is 0.821. The van der Waals surface area contributed by atoms with Gasteiger partial charge in [-0.25, -0.2) is 0 Å². The summed E-state index contributed by atoms with van der Waals surface area (Å²) in [5.74, 6) is 0.386. The molecule has 0 aliphatic heterocycles. The molecule has 5 nitrogen and oxygen atoms in total. The number of aryl methyl sites for hydroxylation is 1. The minimum atomic E-state index is -0.462. The van der Waals surface area contributed by atoms with Gasteiger partial charge in [0, 0.05) is 7.05 Å². The van der Waals surface area contributed by atoms with Gasteiger partial charge in [-0.3, -0.25) is 9.48 Å². The summed E-state index contributed by atoms with van der Waals surface area (Å²) in [5, 5.41) is 17.3. The molecule has 0 atom stereocenters. The Bertz CT molecular complexity index is 500. The minimum absolute atomic E-state index is 0.00937. The van der Waals surface area contributed by atoms with Gasteiger partial charge in [0.1, 0.15) is 5.69 Å². The van der Waals surface area contributed by atoms with Gasteiger partial charge in [0.25, 0.3) is 5.91 Å². The van der Waals surface area contributed by atoms with Gasteiger partial charge >= 0.3 is 0 Å². The third kappa shape index (κ3) is 4.09. The molecule has 1 aliphatic rings. The molecule has 0 spiro atoms. The van der Waals surface area contributed by atoms with Crippen LogP contribution in [-0.2, 0) is 13.5 Å². The largest absolute Gasteiger partial charge is 0.394 e. The summed E-state index contributed by atoms with van der Waals surface area (Å²) in [6, 6.07) is 1.87. The molecule has 0 saturated heterocycles. The van der Waals surface area contributed by atoms with Crippen LogP contribution in [-0.4, -0.2) is 32.9 Å². The maximum absolute atomic E-state index is 12.6. The number of aliphatic hydroxyl groups excluding tert-OH is 1. The van der Waals surface area contributed by atoms with Crippen molar-refractivity contribution in [2.45, 2.75) is 64.3 Å². The van der Waals surface area contributed by atoms with Crippen molar-refractivity contribution in [3.63, 3.8) is 0 Å². The first-order chi connectivity index (χ1) is 10.5. The maximum atomic E-state index is 12.6. The molecule has 2 rings (SSSR count). The molecule has 0 unspecified atom stereocenters. The van der Waals surface area contributed by atoms with Crippen molar-refractivity contribution in [2.75, 3.05) is 6.61 Å². The first-order valence-corrected chi connectivity index (χ1v) is 8.42. The average Bonchev–Trinajstić information content (AvgIpc) is 2.68. The number of aromatic nitrogens is 2. The molecule has 2 N–H and O–H groups in total. The summed E-state index contributed by atoms with van der Waals surface area (Å²) in [7, 11) is 1.80. The van der Waals surface area contributed by atoms with Crippen molar-refractivity contribution in [3.8, 4) is 0 Å². The first kappa shape index (κ1) is 17.0. The topological polar surface area (TPSA) is 67.2 Å². The zero-order chi connectivity index (χ0) is 16.2. The van der Waals surface area contributed by atoms with E-state index in [0.29, 0.717) is 11.6 Å². The van der Waals surface area contributed by atoms with E-state index in [9.17, 15) is 9.90 Å². The summed E-state index contributed by atoms with van der Waals surface area (Å²) >= 11 is 0. The number of carbonyl (C=O) groups is 1. The van der Waals surface area contributed by atoms with Gasteiger partial charge in [0.05, 0.1) is 17.8 Å². The predicted molar refractivity (Wildman–Crippen MR) is 86.7 cm³/mol. The Hall–Kier alpha value is -1.36. The lowest BCUT2D eigenvalue weighted by molar-refractivity contribution is 0.0796. The van der Waals surface area contributed by atoms with Crippen LogP contribution in [0.15, 0.2) is 6.07 Å². The Kier molecular flexibility index (Phi) is 5.62. The van der Waals surface area contributed by atoms with Crippen LogP contribution < -0.4 is 5.32 Å². The SMILES string of the molecule is CC(C)Cc1cc(C(=O)NC2(CO)CCCCCC2)n(C)n1. The number of nitrogens with one attached hydrogen (secondary N) is 1. The van der Waals surface area contributed by atoms with Gasteiger partial charge in [-0.15, -0.1) is 0 Å². The number of amides is 1. The van der Waals surface area contributed by atoms with Crippen molar-refractivity contribution in [3.05, 3.63) is 17.5 Å². The van der Waals surface area contributed by atoms with Crippen LogP contribution in [0.3, 0.4) is 0 Å². The Morgan fingerprint density at radius 2 is 2.00 bits per heavy atom. The van der Waals surface area contributed by atoms with E-state index in [1.165, 1.54) is 12.8 Å². The van der Waals surface area contributed by atoms with Crippen LogP contribution >= 0.6 is 0 Å². The van der Waals surface area contributed by atoms with Gasteiger partial charge in [0.15, 0.2) is 0 Å². The summed E-state index contributed by atoms with van der Waals surface area (Å²) in [6.45, 7) is 4.29. The molecule has 5 heteroatoms. The fraction of sp³-hybridized carbons (Fsp3) is 0.765. The number of hydrogen-bond donors (Lipinski definition) is 2. The predicted octanol–water partition coefficient (Wildman–Crippen LogP) is 2.43. The Morgan fingerprint density at radius 1 is 1.36 bits per heavy atom. The fourth-order valence-electron chi connectivity index (χ4n) is 3.29. The molecule has 1 aromatic heterocycles. The Balaban J connectivity index is 2.11. The van der Waals surface area contributed by atoms with E-state index >= 15 is 0 Å². The lowest BCUT2D eigenvalue weighted by Gasteiger charge is -2.31. The van der Waals surface area contributed by atoms with Gasteiger partial charge in [-0.2, -0.15) is 5.10 Å². The van der Waals surface area contributed by atoms with Crippen molar-refractivity contribution >= 4 is 5.91 Å². The molecule has 22 heavy (non-hydrogen) atoms. The molecule has 1 aromatic rings. The van der Waals surface area contributed by atoms with Crippen LogP contribution in [0.5, 0.6) is 0 Å². The molecule has 1 aliphatic carbocycles. The Labute approximate surface area is 133 Å². The van der Waals surface area contributed by atoms with E-state index in [2.05, 4.69) is 24.3 Å². The van der Waals surface area contributed by atoms with Crippen molar-refractivity contribution < 1.29 is 9.90 Å².